The number of rotatable bonds is 4. The highest BCUT2D eigenvalue weighted by molar-refractivity contribution is 7.89. The molecule has 0 spiro atoms. The van der Waals surface area contributed by atoms with E-state index in [2.05, 4.69) is 20.8 Å². The number of benzene rings is 1. The highest BCUT2D eigenvalue weighted by atomic mass is 32.2. The van der Waals surface area contributed by atoms with Crippen LogP contribution in [0, 0.1) is 11.8 Å². The van der Waals surface area contributed by atoms with Gasteiger partial charge in [0, 0.05) is 13.1 Å². The molecule has 21 heavy (non-hydrogen) atoms. The third-order valence-corrected chi connectivity index (χ3v) is 6.44. The fraction of sp³-hybridized carbons (Fsp3) is 0.625. The average molecular weight is 310 g/mol. The largest absolute Gasteiger partial charge is 0.330 e. The van der Waals surface area contributed by atoms with E-state index in [-0.39, 0.29) is 5.92 Å². The van der Waals surface area contributed by atoms with Crippen molar-refractivity contribution in [3.63, 3.8) is 0 Å². The van der Waals surface area contributed by atoms with E-state index >= 15 is 0 Å². The molecule has 1 aromatic carbocycles. The van der Waals surface area contributed by atoms with E-state index in [4.69, 9.17) is 5.73 Å². The quantitative estimate of drug-likeness (QED) is 0.929. The van der Waals surface area contributed by atoms with Crippen LogP contribution in [0.3, 0.4) is 0 Å². The van der Waals surface area contributed by atoms with Gasteiger partial charge in [0.15, 0.2) is 0 Å². The lowest BCUT2D eigenvalue weighted by atomic mass is 9.88. The number of piperidine rings is 1. The number of hydrogen-bond donors (Lipinski definition) is 1. The van der Waals surface area contributed by atoms with Crippen molar-refractivity contribution in [3.05, 3.63) is 29.8 Å². The molecule has 0 aliphatic carbocycles. The SMILES string of the molecule is CC(C)c1ccc(S(=O)(=O)N2CCC(C)C(CN)C2)cc1. The van der Waals surface area contributed by atoms with Crippen molar-refractivity contribution < 1.29 is 8.42 Å². The lowest BCUT2D eigenvalue weighted by molar-refractivity contribution is 0.203. The second-order valence-electron chi connectivity index (χ2n) is 6.35. The molecule has 118 valence electrons. The topological polar surface area (TPSA) is 63.4 Å². The van der Waals surface area contributed by atoms with E-state index in [0.29, 0.717) is 36.4 Å². The molecule has 0 saturated carbocycles. The Morgan fingerprint density at radius 3 is 2.43 bits per heavy atom. The summed E-state index contributed by atoms with van der Waals surface area (Å²) in [5.41, 5.74) is 6.92. The van der Waals surface area contributed by atoms with Gasteiger partial charge in [-0.25, -0.2) is 8.42 Å². The van der Waals surface area contributed by atoms with Gasteiger partial charge in [0.2, 0.25) is 10.0 Å². The molecule has 1 heterocycles. The summed E-state index contributed by atoms with van der Waals surface area (Å²) in [7, 11) is -3.39. The molecule has 2 atom stereocenters. The van der Waals surface area contributed by atoms with Crippen LogP contribution in [0.1, 0.15) is 38.7 Å². The first-order chi connectivity index (χ1) is 9.86. The van der Waals surface area contributed by atoms with E-state index in [0.717, 1.165) is 12.0 Å². The molecule has 0 amide bonds. The summed E-state index contributed by atoms with van der Waals surface area (Å²) >= 11 is 0. The molecule has 1 aliphatic heterocycles. The van der Waals surface area contributed by atoms with E-state index in [1.807, 2.05) is 12.1 Å². The standard InChI is InChI=1S/C16H26N2O2S/c1-12(2)14-4-6-16(7-5-14)21(19,20)18-9-8-13(3)15(10-17)11-18/h4-7,12-13,15H,8-11,17H2,1-3H3. The maximum absolute atomic E-state index is 12.7. The second kappa shape index (κ2) is 6.46. The zero-order chi connectivity index (χ0) is 15.6. The van der Waals surface area contributed by atoms with Gasteiger partial charge in [0.25, 0.3) is 0 Å². The number of hydrogen-bond acceptors (Lipinski definition) is 3. The zero-order valence-corrected chi connectivity index (χ0v) is 13.9. The van der Waals surface area contributed by atoms with Crippen molar-refractivity contribution in [2.24, 2.45) is 17.6 Å². The monoisotopic (exact) mass is 310 g/mol. The first-order valence-corrected chi connectivity index (χ1v) is 9.10. The zero-order valence-electron chi connectivity index (χ0n) is 13.1. The van der Waals surface area contributed by atoms with Crippen molar-refractivity contribution in [1.29, 1.82) is 0 Å². The maximum atomic E-state index is 12.7. The molecule has 5 heteroatoms. The Balaban J connectivity index is 2.21. The second-order valence-corrected chi connectivity index (χ2v) is 8.29. The van der Waals surface area contributed by atoms with Crippen LogP contribution in [-0.2, 0) is 10.0 Å². The molecule has 1 aromatic rings. The molecule has 2 N–H and O–H groups in total. The predicted octanol–water partition coefficient (Wildman–Crippen LogP) is 2.42. The van der Waals surface area contributed by atoms with Crippen LogP contribution in [0.5, 0.6) is 0 Å². The minimum atomic E-state index is -3.39. The molecular formula is C16H26N2O2S. The van der Waals surface area contributed by atoms with Crippen molar-refractivity contribution >= 4 is 10.0 Å². The molecule has 0 radical (unpaired) electrons. The molecule has 2 rings (SSSR count). The fourth-order valence-corrected chi connectivity index (χ4v) is 4.33. The van der Waals surface area contributed by atoms with Gasteiger partial charge in [-0.2, -0.15) is 4.31 Å². The van der Waals surface area contributed by atoms with Gasteiger partial charge in [-0.05, 0) is 48.4 Å². The molecule has 0 aromatic heterocycles. The molecule has 0 bridgehead atoms. The van der Waals surface area contributed by atoms with Crippen LogP contribution in [0.25, 0.3) is 0 Å². The summed E-state index contributed by atoms with van der Waals surface area (Å²) in [6.45, 7) is 8.01. The Bertz CT molecular complexity index is 566. The normalized spacial score (nSPS) is 24.4. The molecule has 1 saturated heterocycles. The summed E-state index contributed by atoms with van der Waals surface area (Å²) in [6.07, 6.45) is 0.880. The summed E-state index contributed by atoms with van der Waals surface area (Å²) < 4.78 is 27.0. The molecule has 1 fully saturated rings. The van der Waals surface area contributed by atoms with Gasteiger partial charge in [-0.3, -0.25) is 0 Å². The fourth-order valence-electron chi connectivity index (χ4n) is 2.82. The van der Waals surface area contributed by atoms with E-state index in [1.54, 1.807) is 16.4 Å². The smallest absolute Gasteiger partial charge is 0.243 e. The third-order valence-electron chi connectivity index (χ3n) is 4.56. The maximum Gasteiger partial charge on any atom is 0.243 e. The van der Waals surface area contributed by atoms with Crippen LogP contribution in [-0.4, -0.2) is 32.4 Å². The first-order valence-electron chi connectivity index (χ1n) is 7.66. The van der Waals surface area contributed by atoms with Crippen LogP contribution < -0.4 is 5.73 Å². The van der Waals surface area contributed by atoms with Gasteiger partial charge >= 0.3 is 0 Å². The van der Waals surface area contributed by atoms with Crippen LogP contribution in [0.15, 0.2) is 29.2 Å². The molecule has 1 aliphatic rings. The Labute approximate surface area is 128 Å². The lowest BCUT2D eigenvalue weighted by Crippen LogP contribution is -2.45. The Morgan fingerprint density at radius 2 is 1.90 bits per heavy atom. The average Bonchev–Trinajstić information content (AvgIpc) is 2.47. The Morgan fingerprint density at radius 1 is 1.29 bits per heavy atom. The van der Waals surface area contributed by atoms with Crippen LogP contribution >= 0.6 is 0 Å². The van der Waals surface area contributed by atoms with Crippen molar-refractivity contribution in [3.8, 4) is 0 Å². The number of sulfonamides is 1. The summed E-state index contributed by atoms with van der Waals surface area (Å²) in [4.78, 5) is 0.386. The van der Waals surface area contributed by atoms with Crippen molar-refractivity contribution in [1.82, 2.24) is 4.31 Å². The molecular weight excluding hydrogens is 284 g/mol. The van der Waals surface area contributed by atoms with E-state index in [1.165, 1.54) is 0 Å². The van der Waals surface area contributed by atoms with Gasteiger partial charge in [0.05, 0.1) is 4.90 Å². The van der Waals surface area contributed by atoms with Gasteiger partial charge in [0.1, 0.15) is 0 Å². The number of nitrogens with two attached hydrogens (primary N) is 1. The lowest BCUT2D eigenvalue weighted by Gasteiger charge is -2.35. The predicted molar refractivity (Wildman–Crippen MR) is 85.6 cm³/mol. The van der Waals surface area contributed by atoms with Crippen molar-refractivity contribution in [2.75, 3.05) is 19.6 Å². The van der Waals surface area contributed by atoms with Gasteiger partial charge < -0.3 is 5.73 Å². The number of nitrogens with zero attached hydrogens (tertiary/aromatic N) is 1. The Hall–Kier alpha value is -0.910. The first kappa shape index (κ1) is 16.5. The van der Waals surface area contributed by atoms with Crippen LogP contribution in [0.2, 0.25) is 0 Å². The highest BCUT2D eigenvalue weighted by Crippen LogP contribution is 2.27. The minimum Gasteiger partial charge on any atom is -0.330 e. The Kier molecular flexibility index (Phi) is 5.07. The van der Waals surface area contributed by atoms with E-state index < -0.39 is 10.0 Å². The summed E-state index contributed by atoms with van der Waals surface area (Å²) in [6, 6.07) is 7.26. The van der Waals surface area contributed by atoms with Gasteiger partial charge in [-0.1, -0.05) is 32.9 Å². The third kappa shape index (κ3) is 3.47. The molecule has 4 nitrogen and oxygen atoms in total. The molecule has 2 unspecified atom stereocenters. The minimum absolute atomic E-state index is 0.253. The highest BCUT2D eigenvalue weighted by Gasteiger charge is 2.32. The van der Waals surface area contributed by atoms with Crippen LogP contribution in [0.4, 0.5) is 0 Å². The van der Waals surface area contributed by atoms with Gasteiger partial charge in [-0.15, -0.1) is 0 Å². The van der Waals surface area contributed by atoms with Crippen molar-refractivity contribution in [2.45, 2.75) is 38.0 Å². The van der Waals surface area contributed by atoms with E-state index in [9.17, 15) is 8.42 Å². The summed E-state index contributed by atoms with van der Waals surface area (Å²) in [5, 5.41) is 0. The summed E-state index contributed by atoms with van der Waals surface area (Å²) in [5.74, 6) is 1.15.